The first-order chi connectivity index (χ1) is 11.2. The van der Waals surface area contributed by atoms with E-state index in [1.807, 2.05) is 0 Å². The molecule has 1 N–H and O–H groups in total. The van der Waals surface area contributed by atoms with E-state index in [-0.39, 0.29) is 17.6 Å². The monoisotopic (exact) mass is 317 g/mol. The van der Waals surface area contributed by atoms with E-state index >= 15 is 0 Å². The number of hydrogen-bond acceptors (Lipinski definition) is 4. The quantitative estimate of drug-likeness (QED) is 0.941. The number of aromatic nitrogens is 1. The van der Waals surface area contributed by atoms with Crippen molar-refractivity contribution in [3.8, 4) is 0 Å². The number of amides is 1. The number of nitrogens with one attached hydrogen (secondary N) is 1. The van der Waals surface area contributed by atoms with Crippen LogP contribution < -0.4 is 5.32 Å². The summed E-state index contributed by atoms with van der Waals surface area (Å²) in [6.07, 6.45) is 3.99. The van der Waals surface area contributed by atoms with Gasteiger partial charge in [0.15, 0.2) is 5.58 Å². The van der Waals surface area contributed by atoms with Gasteiger partial charge in [-0.15, -0.1) is 0 Å². The predicted molar refractivity (Wildman–Crippen MR) is 83.1 cm³/mol. The van der Waals surface area contributed by atoms with Crippen molar-refractivity contribution in [1.29, 1.82) is 0 Å². The Bertz CT molecular complexity index is 718. The van der Waals surface area contributed by atoms with Crippen LogP contribution >= 0.6 is 0 Å². The Labute approximate surface area is 133 Å². The fraction of sp³-hybridized carbons (Fsp3) is 0.529. The minimum Gasteiger partial charge on any atom is -0.439 e. The van der Waals surface area contributed by atoms with E-state index in [2.05, 4.69) is 15.2 Å². The third-order valence-electron chi connectivity index (χ3n) is 4.63. The Morgan fingerprint density at radius 1 is 1.30 bits per heavy atom. The average Bonchev–Trinajstić information content (AvgIpc) is 3.26. The van der Waals surface area contributed by atoms with Gasteiger partial charge in [0.2, 0.25) is 11.8 Å². The van der Waals surface area contributed by atoms with Gasteiger partial charge in [-0.3, -0.25) is 9.69 Å². The summed E-state index contributed by atoms with van der Waals surface area (Å²) >= 11 is 0. The highest BCUT2D eigenvalue weighted by atomic mass is 19.1. The van der Waals surface area contributed by atoms with Gasteiger partial charge in [-0.25, -0.2) is 9.37 Å². The van der Waals surface area contributed by atoms with Crippen LogP contribution in [0, 0.1) is 11.7 Å². The van der Waals surface area contributed by atoms with Crippen molar-refractivity contribution in [1.82, 2.24) is 15.2 Å². The topological polar surface area (TPSA) is 58.4 Å². The molecule has 1 amide bonds. The Morgan fingerprint density at radius 2 is 2.09 bits per heavy atom. The molecule has 0 spiro atoms. The minimum absolute atomic E-state index is 0.129. The zero-order chi connectivity index (χ0) is 15.8. The number of oxazole rings is 1. The minimum atomic E-state index is -0.306. The summed E-state index contributed by atoms with van der Waals surface area (Å²) in [5, 5.41) is 3.09. The van der Waals surface area contributed by atoms with E-state index in [4.69, 9.17) is 4.42 Å². The number of fused-ring (bicyclic) bond motifs is 1. The van der Waals surface area contributed by atoms with Crippen LogP contribution in [-0.2, 0) is 11.3 Å². The summed E-state index contributed by atoms with van der Waals surface area (Å²) in [5.41, 5.74) is 1.17. The first-order valence-electron chi connectivity index (χ1n) is 8.25. The number of carbonyl (C=O) groups is 1. The van der Waals surface area contributed by atoms with Crippen LogP contribution in [0.4, 0.5) is 4.39 Å². The molecular formula is C17H20FN3O2. The molecule has 0 atom stereocenters. The molecule has 1 aromatic heterocycles. The molecule has 1 aliphatic heterocycles. The van der Waals surface area contributed by atoms with Gasteiger partial charge < -0.3 is 9.73 Å². The number of hydrogen-bond donors (Lipinski definition) is 1. The predicted octanol–water partition coefficient (Wildman–Crippen LogP) is 2.46. The molecule has 1 saturated heterocycles. The third-order valence-corrected chi connectivity index (χ3v) is 4.63. The number of carbonyl (C=O) groups excluding carboxylic acids is 1. The second-order valence-electron chi connectivity index (χ2n) is 6.55. The molecule has 4 rings (SSSR count). The van der Waals surface area contributed by atoms with Crippen LogP contribution in [0.3, 0.4) is 0 Å². The van der Waals surface area contributed by atoms with E-state index in [1.165, 1.54) is 12.1 Å². The highest BCUT2D eigenvalue weighted by molar-refractivity contribution is 5.79. The Hall–Kier alpha value is -1.95. The standard InChI is InChI=1S/C17H20FN3O2/c18-12-1-4-15-14(9-12)20-16(23-15)10-21-7-5-11(6-8-21)17(22)19-13-2-3-13/h1,4,9,11,13H,2-3,5-8,10H2,(H,19,22). The molecule has 6 heteroatoms. The maximum Gasteiger partial charge on any atom is 0.223 e. The molecule has 2 aliphatic rings. The van der Waals surface area contributed by atoms with Gasteiger partial charge in [0.1, 0.15) is 11.3 Å². The van der Waals surface area contributed by atoms with Gasteiger partial charge >= 0.3 is 0 Å². The van der Waals surface area contributed by atoms with Crippen molar-refractivity contribution in [2.75, 3.05) is 13.1 Å². The molecule has 0 bridgehead atoms. The molecule has 1 saturated carbocycles. The largest absolute Gasteiger partial charge is 0.439 e. The smallest absolute Gasteiger partial charge is 0.223 e. The molecule has 2 heterocycles. The van der Waals surface area contributed by atoms with Gasteiger partial charge in [0.25, 0.3) is 0 Å². The van der Waals surface area contributed by atoms with Crippen LogP contribution in [0.25, 0.3) is 11.1 Å². The highest BCUT2D eigenvalue weighted by Crippen LogP contribution is 2.24. The highest BCUT2D eigenvalue weighted by Gasteiger charge is 2.30. The van der Waals surface area contributed by atoms with Crippen molar-refractivity contribution in [3.63, 3.8) is 0 Å². The Morgan fingerprint density at radius 3 is 2.83 bits per heavy atom. The van der Waals surface area contributed by atoms with Gasteiger partial charge in [0, 0.05) is 18.0 Å². The zero-order valence-electron chi connectivity index (χ0n) is 12.9. The summed E-state index contributed by atoms with van der Waals surface area (Å²) in [6.45, 7) is 2.32. The van der Waals surface area contributed by atoms with Crippen molar-refractivity contribution in [2.24, 2.45) is 5.92 Å². The van der Waals surface area contributed by atoms with E-state index in [0.29, 0.717) is 29.6 Å². The van der Waals surface area contributed by atoms with Crippen molar-refractivity contribution < 1.29 is 13.6 Å². The van der Waals surface area contributed by atoms with Crippen LogP contribution in [-0.4, -0.2) is 34.9 Å². The van der Waals surface area contributed by atoms with Gasteiger partial charge in [-0.1, -0.05) is 0 Å². The summed E-state index contributed by atoms with van der Waals surface area (Å²) in [6, 6.07) is 4.80. The number of halogens is 1. The molecular weight excluding hydrogens is 297 g/mol. The zero-order valence-corrected chi connectivity index (χ0v) is 12.9. The van der Waals surface area contributed by atoms with E-state index in [0.717, 1.165) is 38.8 Å². The lowest BCUT2D eigenvalue weighted by molar-refractivity contribution is -0.126. The first kappa shape index (κ1) is 14.6. The molecule has 2 fully saturated rings. The summed E-state index contributed by atoms with van der Waals surface area (Å²) in [7, 11) is 0. The summed E-state index contributed by atoms with van der Waals surface area (Å²) < 4.78 is 18.9. The lowest BCUT2D eigenvalue weighted by atomic mass is 9.96. The number of likely N-dealkylation sites (tertiary alicyclic amines) is 1. The molecule has 5 nitrogen and oxygen atoms in total. The van der Waals surface area contributed by atoms with Crippen LogP contribution in [0.15, 0.2) is 22.6 Å². The van der Waals surface area contributed by atoms with E-state index in [9.17, 15) is 9.18 Å². The number of benzene rings is 1. The molecule has 0 radical (unpaired) electrons. The third kappa shape index (κ3) is 3.37. The molecule has 1 aromatic carbocycles. The number of rotatable bonds is 4. The Kier molecular flexibility index (Phi) is 3.77. The van der Waals surface area contributed by atoms with E-state index < -0.39 is 0 Å². The Balaban J connectivity index is 1.33. The van der Waals surface area contributed by atoms with E-state index in [1.54, 1.807) is 6.07 Å². The lowest BCUT2D eigenvalue weighted by Crippen LogP contribution is -2.40. The van der Waals surface area contributed by atoms with Gasteiger partial charge in [-0.2, -0.15) is 0 Å². The fourth-order valence-corrected chi connectivity index (χ4v) is 3.11. The first-order valence-corrected chi connectivity index (χ1v) is 8.25. The lowest BCUT2D eigenvalue weighted by Gasteiger charge is -2.30. The molecule has 1 aliphatic carbocycles. The van der Waals surface area contributed by atoms with Crippen molar-refractivity contribution in [2.45, 2.75) is 38.3 Å². The van der Waals surface area contributed by atoms with Crippen LogP contribution in [0.2, 0.25) is 0 Å². The van der Waals surface area contributed by atoms with Crippen molar-refractivity contribution >= 4 is 17.0 Å². The average molecular weight is 317 g/mol. The maximum atomic E-state index is 13.2. The number of piperidine rings is 1. The SMILES string of the molecule is O=C(NC1CC1)C1CCN(Cc2nc3cc(F)ccc3o2)CC1. The summed E-state index contributed by atoms with van der Waals surface area (Å²) in [5.74, 6) is 0.639. The summed E-state index contributed by atoms with van der Waals surface area (Å²) in [4.78, 5) is 18.6. The van der Waals surface area contributed by atoms with Gasteiger partial charge in [-0.05, 0) is 50.9 Å². The van der Waals surface area contributed by atoms with Gasteiger partial charge in [0.05, 0.1) is 6.54 Å². The molecule has 2 aromatic rings. The fourth-order valence-electron chi connectivity index (χ4n) is 3.11. The van der Waals surface area contributed by atoms with Crippen LogP contribution in [0.1, 0.15) is 31.6 Å². The number of nitrogens with zero attached hydrogens (tertiary/aromatic N) is 2. The van der Waals surface area contributed by atoms with Crippen molar-refractivity contribution in [3.05, 3.63) is 29.9 Å². The second kappa shape index (κ2) is 5.92. The molecule has 0 unspecified atom stereocenters. The second-order valence-corrected chi connectivity index (χ2v) is 6.55. The normalized spacial score (nSPS) is 20.0. The van der Waals surface area contributed by atoms with Crippen LogP contribution in [0.5, 0.6) is 0 Å². The molecule has 122 valence electrons. The maximum absolute atomic E-state index is 13.2. The molecule has 23 heavy (non-hydrogen) atoms.